The van der Waals surface area contributed by atoms with Gasteiger partial charge in [-0.25, -0.2) is 9.79 Å². The number of rotatable bonds is 5. The maximum absolute atomic E-state index is 11.7. The van der Waals surface area contributed by atoms with Crippen LogP contribution in [0.5, 0.6) is 5.75 Å². The van der Waals surface area contributed by atoms with Crippen LogP contribution in [0.15, 0.2) is 53.5 Å². The number of para-hydroxylation sites is 1. The maximum atomic E-state index is 11.7. The molecule has 0 unspecified atom stereocenters. The maximum Gasteiger partial charge on any atom is 0.346 e. The van der Waals surface area contributed by atoms with E-state index in [2.05, 4.69) is 15.3 Å². The first kappa shape index (κ1) is 15.5. The fourth-order valence-electron chi connectivity index (χ4n) is 2.08. The number of methoxy groups -OCH3 is 1. The number of anilines is 1. The van der Waals surface area contributed by atoms with E-state index in [1.807, 2.05) is 5.48 Å². The lowest BCUT2D eigenvalue weighted by molar-refractivity contribution is -0.269. The number of hydroxylamine groups is 1. The molecule has 0 saturated heterocycles. The second-order valence-corrected chi connectivity index (χ2v) is 4.72. The lowest BCUT2D eigenvalue weighted by Crippen LogP contribution is -2.30. The Labute approximate surface area is 136 Å². The van der Waals surface area contributed by atoms with Crippen LogP contribution in [-0.4, -0.2) is 19.0 Å². The van der Waals surface area contributed by atoms with E-state index in [1.54, 1.807) is 48.5 Å². The summed E-state index contributed by atoms with van der Waals surface area (Å²) < 4.78 is 5.05. The van der Waals surface area contributed by atoms with Crippen molar-refractivity contribution in [1.29, 1.82) is 0 Å². The van der Waals surface area contributed by atoms with E-state index in [1.165, 1.54) is 7.11 Å². The van der Waals surface area contributed by atoms with E-state index in [9.17, 15) is 9.59 Å². The summed E-state index contributed by atoms with van der Waals surface area (Å²) in [6.07, 6.45) is 0. The number of carbonyl (C=O) groups is 2. The monoisotopic (exact) mass is 327 g/mol. The van der Waals surface area contributed by atoms with Crippen molar-refractivity contribution in [2.45, 2.75) is 0 Å². The molecule has 1 aliphatic rings. The quantitative estimate of drug-likeness (QED) is 0.620. The zero-order valence-corrected chi connectivity index (χ0v) is 12.6. The van der Waals surface area contributed by atoms with E-state index < -0.39 is 11.9 Å². The van der Waals surface area contributed by atoms with Crippen LogP contribution >= 0.6 is 0 Å². The molecule has 1 heterocycles. The highest BCUT2D eigenvalue weighted by Crippen LogP contribution is 2.16. The number of hydrogen-bond acceptors (Lipinski definition) is 5. The molecule has 24 heavy (non-hydrogen) atoms. The third kappa shape index (κ3) is 3.33. The minimum atomic E-state index is -0.681. The smallest absolute Gasteiger partial charge is 0.346 e. The van der Waals surface area contributed by atoms with Crippen LogP contribution in [0.25, 0.3) is 5.76 Å². The summed E-state index contributed by atoms with van der Waals surface area (Å²) in [4.78, 5) is 36.7. The van der Waals surface area contributed by atoms with Gasteiger partial charge in [0.1, 0.15) is 5.75 Å². The van der Waals surface area contributed by atoms with Crippen molar-refractivity contribution in [1.82, 2.24) is 5.48 Å². The second kappa shape index (κ2) is 6.80. The highest BCUT2D eigenvalue weighted by molar-refractivity contribution is 6.12. The van der Waals surface area contributed by atoms with Crippen molar-refractivity contribution < 1.29 is 24.2 Å². The Bertz CT molecular complexity index is 910. The fraction of sp³-hybridized carbons (Fsp3) is 0.0625. The molecule has 1 aliphatic heterocycles. The molecule has 0 aliphatic carbocycles. The van der Waals surface area contributed by atoms with Crippen molar-refractivity contribution in [2.75, 3.05) is 12.4 Å². The molecule has 0 bridgehead atoms. The van der Waals surface area contributed by atoms with Crippen LogP contribution in [0.3, 0.4) is 0 Å². The van der Waals surface area contributed by atoms with Gasteiger partial charge in [-0.15, -0.1) is 0 Å². The third-order valence-electron chi connectivity index (χ3n) is 3.15. The number of benzene rings is 2. The molecule has 0 saturated carbocycles. The van der Waals surface area contributed by atoms with Crippen molar-refractivity contribution in [3.05, 3.63) is 59.1 Å². The Kier molecular flexibility index (Phi) is 4.39. The average Bonchev–Trinajstić information content (AvgIpc) is 2.91. The summed E-state index contributed by atoms with van der Waals surface area (Å²) >= 11 is 0. The Morgan fingerprint density at radius 1 is 1.12 bits per heavy atom. The molecular formula is C16H13N3O5. The molecule has 0 fully saturated rings. The number of hydrogen-bond donors (Lipinski definition) is 2. The first-order valence-electron chi connectivity index (χ1n) is 6.94. The molecule has 8 nitrogen and oxygen atoms in total. The highest BCUT2D eigenvalue weighted by atomic mass is 17.3. The van der Waals surface area contributed by atoms with Crippen molar-refractivity contribution >= 4 is 23.4 Å². The average molecular weight is 327 g/mol. The SMILES string of the molecule is COc1cccc(NC(=O)NOOC2=c3ccccc3=NC2=O)c1. The zero-order chi connectivity index (χ0) is 16.9. The molecule has 122 valence electrons. The Morgan fingerprint density at radius 3 is 2.79 bits per heavy atom. The van der Waals surface area contributed by atoms with Gasteiger partial charge in [0, 0.05) is 11.8 Å². The van der Waals surface area contributed by atoms with Gasteiger partial charge in [0.05, 0.1) is 17.7 Å². The second-order valence-electron chi connectivity index (χ2n) is 4.72. The van der Waals surface area contributed by atoms with Gasteiger partial charge in [-0.1, -0.05) is 23.2 Å². The molecule has 0 radical (unpaired) electrons. The van der Waals surface area contributed by atoms with Crippen LogP contribution in [-0.2, 0) is 14.7 Å². The summed E-state index contributed by atoms with van der Waals surface area (Å²) in [5, 5.41) is 3.51. The fourth-order valence-corrected chi connectivity index (χ4v) is 2.08. The minimum absolute atomic E-state index is 0.0905. The Balaban J connectivity index is 1.58. The third-order valence-corrected chi connectivity index (χ3v) is 3.15. The van der Waals surface area contributed by atoms with Gasteiger partial charge >= 0.3 is 11.9 Å². The predicted octanol–water partition coefficient (Wildman–Crippen LogP) is 0.648. The zero-order valence-electron chi connectivity index (χ0n) is 12.6. The predicted molar refractivity (Wildman–Crippen MR) is 83.0 cm³/mol. The standard InChI is InChI=1S/C16H13N3O5/c1-22-11-6-4-5-10(9-11)17-16(21)19-24-23-14-12-7-2-3-8-13(12)18-15(14)20/h2-9H,1H3,(H2,17,19,21). The van der Waals surface area contributed by atoms with Gasteiger partial charge in [0.15, 0.2) is 0 Å². The summed E-state index contributed by atoms with van der Waals surface area (Å²) in [6.45, 7) is 0. The highest BCUT2D eigenvalue weighted by Gasteiger charge is 2.19. The number of carbonyl (C=O) groups excluding carboxylic acids is 2. The van der Waals surface area contributed by atoms with E-state index in [0.717, 1.165) is 0 Å². The number of ether oxygens (including phenoxy) is 1. The van der Waals surface area contributed by atoms with E-state index in [-0.39, 0.29) is 5.76 Å². The molecule has 2 aromatic rings. The molecule has 0 aromatic heterocycles. The Hall–Kier alpha value is -3.39. The molecule has 8 heteroatoms. The van der Waals surface area contributed by atoms with Crippen molar-refractivity contribution in [3.63, 3.8) is 0 Å². The van der Waals surface area contributed by atoms with Crippen LogP contribution in [0.4, 0.5) is 10.5 Å². The summed E-state index contributed by atoms with van der Waals surface area (Å²) in [5.74, 6) is -0.0752. The van der Waals surface area contributed by atoms with Crippen LogP contribution < -0.4 is 26.1 Å². The largest absolute Gasteiger partial charge is 0.497 e. The first-order valence-corrected chi connectivity index (χ1v) is 6.94. The van der Waals surface area contributed by atoms with Gasteiger partial charge in [0.25, 0.3) is 0 Å². The normalized spacial score (nSPS) is 12.2. The summed E-state index contributed by atoms with van der Waals surface area (Å²) in [5.41, 5.74) is 2.52. The van der Waals surface area contributed by atoms with Gasteiger partial charge in [-0.2, -0.15) is 5.48 Å². The summed E-state index contributed by atoms with van der Waals surface area (Å²) in [7, 11) is 1.52. The number of fused-ring (bicyclic) bond motifs is 1. The van der Waals surface area contributed by atoms with Crippen molar-refractivity contribution in [2.24, 2.45) is 4.99 Å². The number of nitrogens with zero attached hydrogens (tertiary/aromatic N) is 1. The van der Waals surface area contributed by atoms with E-state index in [0.29, 0.717) is 22.0 Å². The van der Waals surface area contributed by atoms with Crippen LogP contribution in [0.2, 0.25) is 0 Å². The molecule has 2 aromatic carbocycles. The van der Waals surface area contributed by atoms with Gasteiger partial charge in [-0.05, 0) is 24.3 Å². The van der Waals surface area contributed by atoms with Gasteiger partial charge < -0.3 is 14.9 Å². The minimum Gasteiger partial charge on any atom is -0.497 e. The van der Waals surface area contributed by atoms with Crippen LogP contribution in [0, 0.1) is 0 Å². The number of nitrogens with one attached hydrogen (secondary N) is 2. The molecule has 2 N–H and O–H groups in total. The number of urea groups is 1. The van der Waals surface area contributed by atoms with Gasteiger partial charge in [0.2, 0.25) is 5.76 Å². The lowest BCUT2D eigenvalue weighted by Gasteiger charge is -2.08. The first-order chi connectivity index (χ1) is 11.7. The lowest BCUT2D eigenvalue weighted by atomic mass is 10.3. The molecule has 0 atom stereocenters. The molecule has 3 amide bonds. The Morgan fingerprint density at radius 2 is 1.96 bits per heavy atom. The molecule has 0 spiro atoms. The van der Waals surface area contributed by atoms with E-state index >= 15 is 0 Å². The van der Waals surface area contributed by atoms with Crippen molar-refractivity contribution in [3.8, 4) is 5.75 Å². The van der Waals surface area contributed by atoms with Crippen LogP contribution in [0.1, 0.15) is 0 Å². The number of amides is 3. The summed E-state index contributed by atoms with van der Waals surface area (Å²) in [6, 6.07) is 12.9. The van der Waals surface area contributed by atoms with E-state index in [4.69, 9.17) is 9.62 Å². The molecular weight excluding hydrogens is 314 g/mol. The molecule has 3 rings (SSSR count). The van der Waals surface area contributed by atoms with Gasteiger partial charge in [-0.3, -0.25) is 4.79 Å². The topological polar surface area (TPSA) is 98.2 Å².